The third-order valence-corrected chi connectivity index (χ3v) is 5.78. The third-order valence-electron chi connectivity index (χ3n) is 5.78. The number of likely N-dealkylation sites (N-methyl/N-ethyl adjacent to an activating group) is 1. The molecule has 24 heavy (non-hydrogen) atoms. The smallest absolute Gasteiger partial charge is 0.234 e. The molecule has 0 aliphatic heterocycles. The maximum atomic E-state index is 12.3. The molecule has 1 aromatic heterocycles. The van der Waals surface area contributed by atoms with E-state index in [4.69, 9.17) is 4.74 Å². The molecule has 1 spiro atoms. The Labute approximate surface area is 144 Å². The molecule has 1 N–H and O–H groups in total. The van der Waals surface area contributed by atoms with Crippen molar-refractivity contribution >= 4 is 5.91 Å². The second-order valence-corrected chi connectivity index (χ2v) is 7.19. The fourth-order valence-electron chi connectivity index (χ4n) is 4.56. The molecular weight excluding hydrogens is 302 g/mol. The lowest BCUT2D eigenvalue weighted by Gasteiger charge is -2.57. The lowest BCUT2D eigenvalue weighted by molar-refractivity contribution is -0.163. The molecule has 2 atom stereocenters. The minimum absolute atomic E-state index is 0.0781. The number of ether oxygens (including phenoxy) is 1. The van der Waals surface area contributed by atoms with E-state index in [1.165, 1.54) is 25.7 Å². The van der Waals surface area contributed by atoms with Gasteiger partial charge >= 0.3 is 0 Å². The summed E-state index contributed by atoms with van der Waals surface area (Å²) in [7, 11) is 2.08. The predicted molar refractivity (Wildman–Crippen MR) is 93.4 cm³/mol. The number of carbonyl (C=O) groups excluding carboxylic acids is 1. The first-order valence-corrected chi connectivity index (χ1v) is 9.13. The maximum absolute atomic E-state index is 12.3. The molecule has 1 heterocycles. The molecule has 0 bridgehead atoms. The van der Waals surface area contributed by atoms with Crippen LogP contribution in [0.4, 0.5) is 0 Å². The standard InChI is InChI=1S/C19H29N3O2/c1-3-24-17-11-16(19(17)8-4-5-9-19)22(2)14-18(23)21-13-15-7-6-10-20-12-15/h6-7,10,12,16-17H,3-5,8-9,11,13-14H2,1-2H3,(H,21,23)/t16-,17-/m0/s1. The van der Waals surface area contributed by atoms with Crippen molar-refractivity contribution in [3.05, 3.63) is 30.1 Å². The highest BCUT2D eigenvalue weighted by atomic mass is 16.5. The molecule has 0 saturated heterocycles. The second kappa shape index (κ2) is 7.62. The average Bonchev–Trinajstić information content (AvgIpc) is 3.10. The summed E-state index contributed by atoms with van der Waals surface area (Å²) in [6, 6.07) is 4.34. The number of aromatic nitrogens is 1. The van der Waals surface area contributed by atoms with Crippen LogP contribution < -0.4 is 5.32 Å². The van der Waals surface area contributed by atoms with Gasteiger partial charge in [-0.15, -0.1) is 0 Å². The van der Waals surface area contributed by atoms with Gasteiger partial charge < -0.3 is 10.1 Å². The van der Waals surface area contributed by atoms with Gasteiger partial charge in [0.05, 0.1) is 12.6 Å². The summed E-state index contributed by atoms with van der Waals surface area (Å²) in [6.45, 7) is 3.85. The number of rotatable bonds is 7. The lowest BCUT2D eigenvalue weighted by Crippen LogP contribution is -2.63. The SMILES string of the molecule is CCO[C@H]1C[C@H](N(C)CC(=O)NCc2cccnc2)C12CCCC2. The molecule has 132 valence electrons. The fraction of sp³-hybridized carbons (Fsp3) is 0.684. The second-order valence-electron chi connectivity index (χ2n) is 7.19. The topological polar surface area (TPSA) is 54.5 Å². The van der Waals surface area contributed by atoms with Crippen LogP contribution >= 0.6 is 0 Å². The molecule has 2 saturated carbocycles. The molecule has 1 amide bonds. The largest absolute Gasteiger partial charge is 0.378 e. The zero-order valence-corrected chi connectivity index (χ0v) is 14.8. The lowest BCUT2D eigenvalue weighted by atomic mass is 9.60. The highest BCUT2D eigenvalue weighted by Crippen LogP contribution is 2.56. The van der Waals surface area contributed by atoms with E-state index >= 15 is 0 Å². The van der Waals surface area contributed by atoms with Gasteiger partial charge in [0.1, 0.15) is 0 Å². The quantitative estimate of drug-likeness (QED) is 0.833. The van der Waals surface area contributed by atoms with Gasteiger partial charge in [0.25, 0.3) is 0 Å². The summed E-state index contributed by atoms with van der Waals surface area (Å²) in [5.74, 6) is 0.0781. The molecule has 2 fully saturated rings. The number of pyridine rings is 1. The van der Waals surface area contributed by atoms with Crippen LogP contribution in [-0.4, -0.2) is 48.1 Å². The van der Waals surface area contributed by atoms with Gasteiger partial charge in [-0.05, 0) is 44.9 Å². The summed E-state index contributed by atoms with van der Waals surface area (Å²) < 4.78 is 5.97. The van der Waals surface area contributed by atoms with E-state index in [-0.39, 0.29) is 11.3 Å². The van der Waals surface area contributed by atoms with Gasteiger partial charge in [-0.1, -0.05) is 18.9 Å². The monoisotopic (exact) mass is 331 g/mol. The number of amides is 1. The number of carbonyl (C=O) groups is 1. The van der Waals surface area contributed by atoms with E-state index in [1.54, 1.807) is 12.4 Å². The van der Waals surface area contributed by atoms with Gasteiger partial charge in [0, 0.05) is 37.0 Å². The minimum Gasteiger partial charge on any atom is -0.378 e. The van der Waals surface area contributed by atoms with Crippen molar-refractivity contribution < 1.29 is 9.53 Å². The van der Waals surface area contributed by atoms with Crippen molar-refractivity contribution in [2.45, 2.75) is 57.7 Å². The molecular formula is C19H29N3O2. The van der Waals surface area contributed by atoms with E-state index in [1.807, 2.05) is 12.1 Å². The molecule has 0 aromatic carbocycles. The Balaban J connectivity index is 1.51. The summed E-state index contributed by atoms with van der Waals surface area (Å²) in [6.07, 6.45) is 10.0. The normalized spacial score (nSPS) is 25.0. The van der Waals surface area contributed by atoms with Crippen molar-refractivity contribution in [3.8, 4) is 0 Å². The highest BCUT2D eigenvalue weighted by molar-refractivity contribution is 5.78. The van der Waals surface area contributed by atoms with Crippen LogP contribution in [0, 0.1) is 5.41 Å². The van der Waals surface area contributed by atoms with Gasteiger partial charge in [0.15, 0.2) is 0 Å². The van der Waals surface area contributed by atoms with Crippen molar-refractivity contribution in [1.82, 2.24) is 15.2 Å². The number of nitrogens with zero attached hydrogens (tertiary/aromatic N) is 2. The highest BCUT2D eigenvalue weighted by Gasteiger charge is 2.57. The number of hydrogen-bond donors (Lipinski definition) is 1. The molecule has 2 aliphatic carbocycles. The zero-order valence-electron chi connectivity index (χ0n) is 14.8. The molecule has 0 unspecified atom stereocenters. The molecule has 5 nitrogen and oxygen atoms in total. The molecule has 2 aliphatic rings. The molecule has 0 radical (unpaired) electrons. The van der Waals surface area contributed by atoms with Gasteiger partial charge in [-0.25, -0.2) is 0 Å². The third kappa shape index (κ3) is 3.47. The van der Waals surface area contributed by atoms with E-state index in [0.29, 0.717) is 25.2 Å². The Morgan fingerprint density at radius 2 is 2.25 bits per heavy atom. The Morgan fingerprint density at radius 1 is 1.46 bits per heavy atom. The van der Waals surface area contributed by atoms with Crippen LogP contribution in [0.5, 0.6) is 0 Å². The maximum Gasteiger partial charge on any atom is 0.234 e. The fourth-order valence-corrected chi connectivity index (χ4v) is 4.56. The zero-order chi connectivity index (χ0) is 17.0. The van der Waals surface area contributed by atoms with Crippen LogP contribution in [0.1, 0.15) is 44.6 Å². The van der Waals surface area contributed by atoms with Crippen molar-refractivity contribution in [2.75, 3.05) is 20.2 Å². The van der Waals surface area contributed by atoms with E-state index in [0.717, 1.165) is 18.6 Å². The first-order chi connectivity index (χ1) is 11.7. The van der Waals surface area contributed by atoms with Crippen LogP contribution in [-0.2, 0) is 16.1 Å². The minimum atomic E-state index is 0.0781. The Hall–Kier alpha value is -1.46. The van der Waals surface area contributed by atoms with Gasteiger partial charge in [0.2, 0.25) is 5.91 Å². The van der Waals surface area contributed by atoms with E-state index < -0.39 is 0 Å². The molecule has 5 heteroatoms. The number of hydrogen-bond acceptors (Lipinski definition) is 4. The molecule has 3 rings (SSSR count). The summed E-state index contributed by atoms with van der Waals surface area (Å²) in [4.78, 5) is 18.6. The van der Waals surface area contributed by atoms with Crippen LogP contribution in [0.25, 0.3) is 0 Å². The predicted octanol–water partition coefficient (Wildman–Crippen LogP) is 2.37. The Kier molecular flexibility index (Phi) is 5.51. The van der Waals surface area contributed by atoms with Gasteiger partial charge in [-0.2, -0.15) is 0 Å². The average molecular weight is 331 g/mol. The first kappa shape index (κ1) is 17.4. The van der Waals surface area contributed by atoms with E-state index in [9.17, 15) is 4.79 Å². The Bertz CT molecular complexity index is 543. The summed E-state index contributed by atoms with van der Waals surface area (Å²) in [5, 5.41) is 3.00. The van der Waals surface area contributed by atoms with E-state index in [2.05, 4.69) is 29.2 Å². The van der Waals surface area contributed by atoms with Crippen LogP contribution in [0.2, 0.25) is 0 Å². The first-order valence-electron chi connectivity index (χ1n) is 9.13. The van der Waals surface area contributed by atoms with Crippen molar-refractivity contribution in [2.24, 2.45) is 5.41 Å². The van der Waals surface area contributed by atoms with Crippen molar-refractivity contribution in [1.29, 1.82) is 0 Å². The van der Waals surface area contributed by atoms with Crippen molar-refractivity contribution in [3.63, 3.8) is 0 Å². The van der Waals surface area contributed by atoms with Gasteiger partial charge in [-0.3, -0.25) is 14.7 Å². The molecule has 1 aromatic rings. The Morgan fingerprint density at radius 3 is 2.92 bits per heavy atom. The summed E-state index contributed by atoms with van der Waals surface area (Å²) >= 11 is 0. The summed E-state index contributed by atoms with van der Waals surface area (Å²) in [5.41, 5.74) is 1.31. The van der Waals surface area contributed by atoms with Crippen LogP contribution in [0.15, 0.2) is 24.5 Å². The number of nitrogens with one attached hydrogen (secondary N) is 1. The van der Waals surface area contributed by atoms with Crippen LogP contribution in [0.3, 0.4) is 0 Å².